The molecule has 0 aliphatic heterocycles. The van der Waals surface area contributed by atoms with Crippen molar-refractivity contribution < 1.29 is 23.1 Å². The number of carbonyl (C=O) groups is 2. The maximum Gasteiger partial charge on any atom is 0.331 e. The van der Waals surface area contributed by atoms with Crippen LogP contribution in [0.2, 0.25) is 5.02 Å². The minimum absolute atomic E-state index is 0.557. The Labute approximate surface area is 148 Å². The van der Waals surface area contributed by atoms with Gasteiger partial charge in [0.25, 0.3) is 5.91 Å². The maximum atomic E-state index is 13.4. The van der Waals surface area contributed by atoms with Gasteiger partial charge in [-0.25, -0.2) is 13.6 Å². The monoisotopic (exact) mass is 365 g/mol. The number of benzene rings is 2. The molecular weight excluding hydrogens is 352 g/mol. The van der Waals surface area contributed by atoms with Gasteiger partial charge in [-0.3, -0.25) is 4.79 Å². The van der Waals surface area contributed by atoms with Gasteiger partial charge in [-0.05, 0) is 42.3 Å². The lowest BCUT2D eigenvalue weighted by Crippen LogP contribution is -2.21. The van der Waals surface area contributed by atoms with E-state index in [9.17, 15) is 18.4 Å². The van der Waals surface area contributed by atoms with E-state index < -0.39 is 35.8 Å². The summed E-state index contributed by atoms with van der Waals surface area (Å²) in [5.74, 6) is -3.48. The van der Waals surface area contributed by atoms with Crippen LogP contribution >= 0.6 is 11.6 Å². The minimum Gasteiger partial charge on any atom is -0.452 e. The van der Waals surface area contributed by atoms with Crippen LogP contribution in [0.3, 0.4) is 0 Å². The lowest BCUT2D eigenvalue weighted by Gasteiger charge is -2.07. The van der Waals surface area contributed by atoms with E-state index in [1.807, 2.05) is 12.2 Å². The van der Waals surface area contributed by atoms with Crippen LogP contribution in [0.25, 0.3) is 6.08 Å². The number of para-hydroxylation sites is 1. The van der Waals surface area contributed by atoms with Gasteiger partial charge in [0.1, 0.15) is 17.3 Å². The Morgan fingerprint density at radius 3 is 2.52 bits per heavy atom. The van der Waals surface area contributed by atoms with Crippen molar-refractivity contribution in [3.8, 4) is 0 Å². The highest BCUT2D eigenvalue weighted by Crippen LogP contribution is 2.18. The third-order valence-corrected chi connectivity index (χ3v) is 3.59. The standard InChI is InChI=1S/C18H14ClF2NO3/c1-11-5-6-12(9-13(11)19)7-8-17(24)25-10-16(23)22-18-14(20)3-2-4-15(18)21/h2-9H,10H2,1H3,(H,22,23)/b8-7+. The van der Waals surface area contributed by atoms with E-state index in [4.69, 9.17) is 16.3 Å². The molecule has 1 N–H and O–H groups in total. The third kappa shape index (κ3) is 5.39. The molecule has 0 bridgehead atoms. The highest BCUT2D eigenvalue weighted by atomic mass is 35.5. The Balaban J connectivity index is 1.88. The van der Waals surface area contributed by atoms with Gasteiger partial charge in [0, 0.05) is 11.1 Å². The summed E-state index contributed by atoms with van der Waals surface area (Å²) in [4.78, 5) is 23.2. The number of anilines is 1. The van der Waals surface area contributed by atoms with Gasteiger partial charge >= 0.3 is 5.97 Å². The van der Waals surface area contributed by atoms with Crippen molar-refractivity contribution in [3.05, 3.63) is 70.3 Å². The number of hydrogen-bond donors (Lipinski definition) is 1. The van der Waals surface area contributed by atoms with Crippen LogP contribution in [0.5, 0.6) is 0 Å². The van der Waals surface area contributed by atoms with Gasteiger partial charge in [0.05, 0.1) is 0 Å². The SMILES string of the molecule is Cc1ccc(/C=C/C(=O)OCC(=O)Nc2c(F)cccc2F)cc1Cl. The van der Waals surface area contributed by atoms with Crippen LogP contribution in [-0.4, -0.2) is 18.5 Å². The summed E-state index contributed by atoms with van der Waals surface area (Å²) in [6.07, 6.45) is 2.60. The van der Waals surface area contributed by atoms with Crippen molar-refractivity contribution >= 4 is 35.2 Å². The quantitative estimate of drug-likeness (QED) is 0.640. The summed E-state index contributed by atoms with van der Waals surface area (Å²) >= 11 is 5.97. The summed E-state index contributed by atoms with van der Waals surface area (Å²) in [5, 5.41) is 2.57. The molecule has 0 saturated carbocycles. The Hall–Kier alpha value is -2.73. The highest BCUT2D eigenvalue weighted by Gasteiger charge is 2.12. The molecule has 2 aromatic rings. The Bertz CT molecular complexity index is 817. The van der Waals surface area contributed by atoms with Crippen molar-refractivity contribution in [1.29, 1.82) is 0 Å². The summed E-state index contributed by atoms with van der Waals surface area (Å²) in [6, 6.07) is 8.40. The summed E-state index contributed by atoms with van der Waals surface area (Å²) in [6.45, 7) is 1.17. The molecule has 0 aliphatic carbocycles. The van der Waals surface area contributed by atoms with E-state index >= 15 is 0 Å². The molecule has 0 spiro atoms. The minimum atomic E-state index is -0.921. The van der Waals surface area contributed by atoms with Gasteiger partial charge in [0.15, 0.2) is 6.61 Å². The van der Waals surface area contributed by atoms with Crippen molar-refractivity contribution in [2.75, 3.05) is 11.9 Å². The summed E-state index contributed by atoms with van der Waals surface area (Å²) in [7, 11) is 0. The molecule has 0 unspecified atom stereocenters. The maximum absolute atomic E-state index is 13.4. The zero-order chi connectivity index (χ0) is 18.4. The molecule has 0 radical (unpaired) electrons. The Morgan fingerprint density at radius 1 is 1.20 bits per heavy atom. The molecule has 1 amide bonds. The van der Waals surface area contributed by atoms with Gasteiger partial charge < -0.3 is 10.1 Å². The fraction of sp³-hybridized carbons (Fsp3) is 0.111. The largest absolute Gasteiger partial charge is 0.452 e. The van der Waals surface area contributed by atoms with Crippen LogP contribution in [0.15, 0.2) is 42.5 Å². The number of aryl methyl sites for hydroxylation is 1. The van der Waals surface area contributed by atoms with E-state index in [0.29, 0.717) is 10.6 Å². The molecule has 0 atom stereocenters. The zero-order valence-corrected chi connectivity index (χ0v) is 13.9. The van der Waals surface area contributed by atoms with E-state index in [1.54, 1.807) is 18.2 Å². The summed E-state index contributed by atoms with van der Waals surface area (Å²) in [5.41, 5.74) is 0.997. The Morgan fingerprint density at radius 2 is 1.88 bits per heavy atom. The highest BCUT2D eigenvalue weighted by molar-refractivity contribution is 6.31. The van der Waals surface area contributed by atoms with Crippen molar-refractivity contribution in [3.63, 3.8) is 0 Å². The molecule has 4 nitrogen and oxygen atoms in total. The smallest absolute Gasteiger partial charge is 0.331 e. The molecule has 0 fully saturated rings. The number of nitrogens with one attached hydrogen (secondary N) is 1. The molecule has 7 heteroatoms. The first-order valence-corrected chi connectivity index (χ1v) is 7.59. The molecular formula is C18H14ClF2NO3. The molecule has 0 aromatic heterocycles. The fourth-order valence-electron chi connectivity index (χ4n) is 1.85. The molecule has 130 valence electrons. The average molecular weight is 366 g/mol. The lowest BCUT2D eigenvalue weighted by molar-refractivity contribution is -0.142. The van der Waals surface area contributed by atoms with E-state index in [0.717, 1.165) is 23.8 Å². The number of carbonyl (C=O) groups excluding carboxylic acids is 2. The first-order valence-electron chi connectivity index (χ1n) is 7.21. The van der Waals surface area contributed by atoms with Gasteiger partial charge in [-0.2, -0.15) is 0 Å². The van der Waals surface area contributed by atoms with Crippen LogP contribution in [0, 0.1) is 18.6 Å². The van der Waals surface area contributed by atoms with E-state index in [2.05, 4.69) is 0 Å². The number of amides is 1. The van der Waals surface area contributed by atoms with Crippen molar-refractivity contribution in [2.45, 2.75) is 6.92 Å². The van der Waals surface area contributed by atoms with Crippen LogP contribution in [0.1, 0.15) is 11.1 Å². The van der Waals surface area contributed by atoms with E-state index in [1.165, 1.54) is 12.1 Å². The van der Waals surface area contributed by atoms with Crippen LogP contribution < -0.4 is 5.32 Å². The van der Waals surface area contributed by atoms with Crippen molar-refractivity contribution in [2.24, 2.45) is 0 Å². The average Bonchev–Trinajstić information content (AvgIpc) is 2.57. The van der Waals surface area contributed by atoms with E-state index in [-0.39, 0.29) is 0 Å². The second-order valence-corrected chi connectivity index (χ2v) is 5.50. The normalized spacial score (nSPS) is 10.7. The molecule has 0 heterocycles. The second kappa shape index (κ2) is 8.39. The topological polar surface area (TPSA) is 55.4 Å². The number of hydrogen-bond acceptors (Lipinski definition) is 3. The van der Waals surface area contributed by atoms with Crippen LogP contribution in [0.4, 0.5) is 14.5 Å². The molecule has 25 heavy (non-hydrogen) atoms. The van der Waals surface area contributed by atoms with Gasteiger partial charge in [-0.1, -0.05) is 29.8 Å². The molecule has 0 saturated heterocycles. The first kappa shape index (κ1) is 18.6. The second-order valence-electron chi connectivity index (χ2n) is 5.09. The Kier molecular flexibility index (Phi) is 6.25. The number of ether oxygens (including phenoxy) is 1. The molecule has 0 aliphatic rings. The predicted molar refractivity (Wildman–Crippen MR) is 91.2 cm³/mol. The lowest BCUT2D eigenvalue weighted by atomic mass is 10.1. The number of rotatable bonds is 5. The predicted octanol–water partition coefficient (Wildman–Crippen LogP) is 4.12. The van der Waals surface area contributed by atoms with Crippen LogP contribution in [-0.2, 0) is 14.3 Å². The zero-order valence-electron chi connectivity index (χ0n) is 13.2. The van der Waals surface area contributed by atoms with Crippen molar-refractivity contribution in [1.82, 2.24) is 0 Å². The molecule has 2 aromatic carbocycles. The van der Waals surface area contributed by atoms with Gasteiger partial charge in [0.2, 0.25) is 0 Å². The third-order valence-electron chi connectivity index (χ3n) is 3.18. The molecule has 2 rings (SSSR count). The van der Waals surface area contributed by atoms with Gasteiger partial charge in [-0.15, -0.1) is 0 Å². The fourth-order valence-corrected chi connectivity index (χ4v) is 2.04. The number of halogens is 3. The first-order chi connectivity index (χ1) is 11.9. The summed E-state index contributed by atoms with van der Waals surface area (Å²) < 4.78 is 31.5. The number of esters is 1.